The van der Waals surface area contributed by atoms with Crippen molar-refractivity contribution in [3.63, 3.8) is 0 Å². The molecule has 0 aromatic heterocycles. The van der Waals surface area contributed by atoms with Crippen LogP contribution in [0.1, 0.15) is 75.7 Å². The average Bonchev–Trinajstić information content (AvgIpc) is 3.53. The lowest BCUT2D eigenvalue weighted by Gasteiger charge is -2.51. The Kier molecular flexibility index (Phi) is 13.1. The van der Waals surface area contributed by atoms with Crippen LogP contribution in [-0.4, -0.2) is 145 Å². The van der Waals surface area contributed by atoms with E-state index in [1.165, 1.54) is 0 Å². The van der Waals surface area contributed by atoms with Gasteiger partial charge in [0.25, 0.3) is 5.79 Å². The van der Waals surface area contributed by atoms with Gasteiger partial charge in [0, 0.05) is 41.5 Å². The molecule has 4 heterocycles. The molecule has 0 bridgehead atoms. The van der Waals surface area contributed by atoms with Crippen LogP contribution >= 0.6 is 0 Å². The summed E-state index contributed by atoms with van der Waals surface area (Å²) in [6, 6.07) is -1.67. The molecule has 0 unspecified atom stereocenters. The van der Waals surface area contributed by atoms with Crippen molar-refractivity contribution in [2.24, 2.45) is 0 Å². The number of rotatable bonds is 12. The predicted octanol–water partition coefficient (Wildman–Crippen LogP) is 0.180. The summed E-state index contributed by atoms with van der Waals surface area (Å²) < 4.78 is 70.2. The molecule has 4 aliphatic rings. The molecule has 20 nitrogen and oxygen atoms in total. The second kappa shape index (κ2) is 16.5. The summed E-state index contributed by atoms with van der Waals surface area (Å²) >= 11 is 0. The fourth-order valence-electron chi connectivity index (χ4n) is 7.11. The van der Waals surface area contributed by atoms with Gasteiger partial charge in [-0.2, -0.15) is 0 Å². The highest BCUT2D eigenvalue weighted by molar-refractivity contribution is 5.93. The zero-order chi connectivity index (χ0) is 40.5. The lowest BCUT2D eigenvalue weighted by molar-refractivity contribution is -0.332. The van der Waals surface area contributed by atoms with Gasteiger partial charge in [0.15, 0.2) is 30.1 Å². The fraction of sp³-hybridized carbons (Fsp3) is 0.794. The summed E-state index contributed by atoms with van der Waals surface area (Å²) in [6.07, 6.45) is -12.0. The van der Waals surface area contributed by atoms with E-state index in [2.05, 4.69) is 0 Å². The molecule has 0 radical (unpaired) electrons. The van der Waals surface area contributed by atoms with Gasteiger partial charge in [-0.25, -0.2) is 4.79 Å². The van der Waals surface area contributed by atoms with E-state index in [1.807, 2.05) is 0 Å². The van der Waals surface area contributed by atoms with Crippen molar-refractivity contribution >= 4 is 41.7 Å². The van der Waals surface area contributed by atoms with E-state index in [1.54, 1.807) is 27.7 Å². The van der Waals surface area contributed by atoms with Crippen LogP contribution in [0, 0.1) is 0 Å². The second-order valence-corrected chi connectivity index (χ2v) is 14.1. The van der Waals surface area contributed by atoms with Crippen molar-refractivity contribution < 1.29 is 90.4 Å². The molecular weight excluding hydrogens is 726 g/mol. The maximum Gasteiger partial charge on any atom is 0.366 e. The number of nitrogens with zero attached hydrogens (tertiary/aromatic N) is 1. The minimum Gasteiger partial charge on any atom is -0.465 e. The van der Waals surface area contributed by atoms with Crippen molar-refractivity contribution in [2.45, 2.75) is 154 Å². The minimum atomic E-state index is -2.58. The number of fused-ring (bicyclic) bond motifs is 3. The first-order valence-electron chi connectivity index (χ1n) is 17.2. The number of ether oxygens (including phenoxy) is 12. The summed E-state index contributed by atoms with van der Waals surface area (Å²) in [5, 5.41) is 0. The summed E-state index contributed by atoms with van der Waals surface area (Å²) in [4.78, 5) is 90.3. The third kappa shape index (κ3) is 9.71. The predicted molar refractivity (Wildman–Crippen MR) is 173 cm³/mol. The van der Waals surface area contributed by atoms with E-state index in [4.69, 9.17) is 56.8 Å². The van der Waals surface area contributed by atoms with Crippen molar-refractivity contribution in [1.82, 2.24) is 4.90 Å². The number of hydrogen-bond acceptors (Lipinski definition) is 19. The van der Waals surface area contributed by atoms with Crippen molar-refractivity contribution in [3.8, 4) is 0 Å². The van der Waals surface area contributed by atoms with Gasteiger partial charge in [0.1, 0.15) is 49.3 Å². The highest BCUT2D eigenvalue weighted by atomic mass is 16.9. The quantitative estimate of drug-likeness (QED) is 0.190. The summed E-state index contributed by atoms with van der Waals surface area (Å²) in [7, 11) is 1.02. The van der Waals surface area contributed by atoms with Gasteiger partial charge < -0.3 is 56.8 Å². The minimum absolute atomic E-state index is 0.505. The Morgan fingerprint density at radius 1 is 0.722 bits per heavy atom. The molecule has 4 fully saturated rings. The molecule has 0 aromatic carbocycles. The van der Waals surface area contributed by atoms with Crippen LogP contribution in [0.3, 0.4) is 0 Å². The SMILES string of the molecule is COC(=O)[C@]1(OC[C@H]2O[C@@H]3OC(C)(C)O[C@@H]3[C@H]3OC(C)(C)O[C@H]32)C[C@H](OC(C)=O)[C@@H](N(C(C)=O)C(C)=O)[C@H]([C@H](OC(C)=O)[C@@H](COC(C)=O)OC(C)=O)O1. The topological polar surface area (TPSA) is 233 Å². The molecule has 20 heteroatoms. The van der Waals surface area contributed by atoms with Gasteiger partial charge in [-0.3, -0.25) is 33.7 Å². The zero-order valence-electron chi connectivity index (χ0n) is 32.1. The molecule has 0 saturated carbocycles. The number of imide groups is 1. The Morgan fingerprint density at radius 3 is 1.83 bits per heavy atom. The molecule has 54 heavy (non-hydrogen) atoms. The number of carbonyl (C=O) groups excluding carboxylic acids is 7. The number of amides is 2. The van der Waals surface area contributed by atoms with E-state index in [0.717, 1.165) is 48.7 Å². The Hall–Kier alpha value is -3.79. The van der Waals surface area contributed by atoms with E-state index >= 15 is 0 Å². The van der Waals surface area contributed by atoms with Gasteiger partial charge in [0.2, 0.25) is 11.8 Å². The van der Waals surface area contributed by atoms with Crippen molar-refractivity contribution in [3.05, 3.63) is 0 Å². The highest BCUT2D eigenvalue weighted by Crippen LogP contribution is 2.45. The van der Waals surface area contributed by atoms with Crippen LogP contribution < -0.4 is 0 Å². The molecule has 2 amide bonds. The molecule has 0 aromatic rings. The van der Waals surface area contributed by atoms with Gasteiger partial charge in [-0.05, 0) is 27.7 Å². The van der Waals surface area contributed by atoms with Gasteiger partial charge >= 0.3 is 29.8 Å². The van der Waals surface area contributed by atoms with E-state index < -0.39 is 140 Å². The number of methoxy groups -OCH3 is 1. The normalized spacial score (nSPS) is 33.2. The van der Waals surface area contributed by atoms with Crippen LogP contribution in [0.2, 0.25) is 0 Å². The molecule has 304 valence electrons. The Bertz CT molecular complexity index is 1470. The summed E-state index contributed by atoms with van der Waals surface area (Å²) in [6.45, 7) is 11.7. The molecule has 0 aliphatic carbocycles. The number of carbonyl (C=O) groups is 7. The van der Waals surface area contributed by atoms with Gasteiger partial charge in [0.05, 0.1) is 20.1 Å². The van der Waals surface area contributed by atoms with Crippen LogP contribution in [-0.2, 0) is 90.4 Å². The van der Waals surface area contributed by atoms with Crippen LogP contribution in [0.5, 0.6) is 0 Å². The zero-order valence-corrected chi connectivity index (χ0v) is 32.1. The monoisotopic (exact) mass is 775 g/mol. The molecule has 4 rings (SSSR count). The third-order valence-electron chi connectivity index (χ3n) is 8.80. The molecule has 0 N–H and O–H groups in total. The lowest BCUT2D eigenvalue weighted by atomic mass is 9.86. The largest absolute Gasteiger partial charge is 0.465 e. The molecule has 0 spiro atoms. The number of hydrogen-bond donors (Lipinski definition) is 0. The van der Waals surface area contributed by atoms with Crippen LogP contribution in [0.15, 0.2) is 0 Å². The molecular formula is C34H49NO19. The first-order valence-corrected chi connectivity index (χ1v) is 17.2. The summed E-state index contributed by atoms with van der Waals surface area (Å²) in [5.41, 5.74) is 0. The Labute approximate surface area is 311 Å². The van der Waals surface area contributed by atoms with Crippen molar-refractivity contribution in [2.75, 3.05) is 20.3 Å². The second-order valence-electron chi connectivity index (χ2n) is 14.1. The smallest absolute Gasteiger partial charge is 0.366 e. The number of esters is 5. The maximum atomic E-state index is 13.9. The lowest BCUT2D eigenvalue weighted by Crippen LogP contribution is -2.70. The van der Waals surface area contributed by atoms with E-state index in [-0.39, 0.29) is 0 Å². The Morgan fingerprint density at radius 2 is 1.30 bits per heavy atom. The first kappa shape index (κ1) is 42.9. The molecule has 11 atom stereocenters. The Balaban J connectivity index is 1.85. The highest BCUT2D eigenvalue weighted by Gasteiger charge is 2.64. The standard InChI is InChI=1S/C34H49NO19/c1-15(36)35(16(2)37)24-21(46-18(4)39)12-34(31(42)43-11,53-27(24)25(48-20(6)41)22(47-19(5)40)13-44-17(3)38)45-14-23-26-28(51-32(7,8)50-26)29-30(49-23)54-33(9,10)52-29/h21-30H,12-14H2,1-11H3/t21-,22+,23+,24+,25+,26-,27+,28-,29+,30+,34-/m0/s1. The van der Waals surface area contributed by atoms with E-state index in [9.17, 15) is 33.6 Å². The third-order valence-corrected chi connectivity index (χ3v) is 8.80. The van der Waals surface area contributed by atoms with Crippen molar-refractivity contribution in [1.29, 1.82) is 0 Å². The van der Waals surface area contributed by atoms with Crippen LogP contribution in [0.4, 0.5) is 0 Å². The van der Waals surface area contributed by atoms with Gasteiger partial charge in [-0.15, -0.1) is 0 Å². The first-order chi connectivity index (χ1) is 25.0. The van der Waals surface area contributed by atoms with E-state index in [0.29, 0.717) is 4.90 Å². The average molecular weight is 776 g/mol. The molecule has 4 saturated heterocycles. The molecule has 4 aliphatic heterocycles. The van der Waals surface area contributed by atoms with Crippen LogP contribution in [0.25, 0.3) is 0 Å². The van der Waals surface area contributed by atoms with Gasteiger partial charge in [-0.1, -0.05) is 0 Å². The maximum absolute atomic E-state index is 13.9. The summed E-state index contributed by atoms with van der Waals surface area (Å²) in [5.74, 6) is -11.3. The fourth-order valence-corrected chi connectivity index (χ4v) is 7.11.